The third-order valence-electron chi connectivity index (χ3n) is 5.52. The quantitative estimate of drug-likeness (QED) is 0.236. The highest BCUT2D eigenvalue weighted by molar-refractivity contribution is 7.12. The summed E-state index contributed by atoms with van der Waals surface area (Å²) in [6.45, 7) is 1.66. The van der Waals surface area contributed by atoms with Crippen molar-refractivity contribution in [1.82, 2.24) is 25.9 Å². The minimum atomic E-state index is -1.33. The molecule has 1 unspecified atom stereocenters. The second kappa shape index (κ2) is 10.8. The van der Waals surface area contributed by atoms with Gasteiger partial charge in [0.15, 0.2) is 0 Å². The highest BCUT2D eigenvalue weighted by atomic mass is 32.1. The normalized spacial score (nSPS) is 11.6. The molecule has 0 spiro atoms. The van der Waals surface area contributed by atoms with Gasteiger partial charge in [-0.05, 0) is 53.8 Å². The summed E-state index contributed by atoms with van der Waals surface area (Å²) in [6.07, 6.45) is 1.59. The number of H-pyrrole nitrogens is 1. The van der Waals surface area contributed by atoms with Gasteiger partial charge in [-0.2, -0.15) is 0 Å². The molecule has 184 valence electrons. The Balaban J connectivity index is 1.37. The van der Waals surface area contributed by atoms with E-state index < -0.39 is 23.8 Å². The van der Waals surface area contributed by atoms with Crippen molar-refractivity contribution in [2.45, 2.75) is 19.5 Å². The maximum absolute atomic E-state index is 12.7. The van der Waals surface area contributed by atoms with Crippen LogP contribution in [-0.4, -0.2) is 51.4 Å². The van der Waals surface area contributed by atoms with E-state index in [0.29, 0.717) is 16.0 Å². The highest BCUT2D eigenvalue weighted by Gasteiger charge is 2.23. The summed E-state index contributed by atoms with van der Waals surface area (Å²) in [5, 5.41) is 19.0. The zero-order chi connectivity index (χ0) is 25.7. The van der Waals surface area contributed by atoms with Crippen LogP contribution in [0.25, 0.3) is 11.0 Å². The average Bonchev–Trinajstić information content (AvgIpc) is 3.57. The van der Waals surface area contributed by atoms with Gasteiger partial charge in [0.25, 0.3) is 17.7 Å². The molecule has 0 radical (unpaired) electrons. The number of nitrogens with one attached hydrogen (secondary N) is 4. The first kappa shape index (κ1) is 24.6. The van der Waals surface area contributed by atoms with Crippen LogP contribution in [0, 0.1) is 6.92 Å². The third-order valence-corrected chi connectivity index (χ3v) is 6.39. The van der Waals surface area contributed by atoms with E-state index >= 15 is 0 Å². The molecule has 0 fully saturated rings. The molecule has 4 aromatic rings. The molecule has 36 heavy (non-hydrogen) atoms. The molecule has 0 bridgehead atoms. The number of rotatable bonds is 9. The lowest BCUT2D eigenvalue weighted by Crippen LogP contribution is -2.48. The van der Waals surface area contributed by atoms with E-state index in [1.54, 1.807) is 36.8 Å². The molecular weight excluding hydrogens is 482 g/mol. The molecule has 2 aromatic heterocycles. The fourth-order valence-corrected chi connectivity index (χ4v) is 4.27. The Morgan fingerprint density at radius 3 is 2.58 bits per heavy atom. The van der Waals surface area contributed by atoms with Crippen LogP contribution < -0.4 is 16.0 Å². The number of carboxylic acid groups (broad SMARTS) is 1. The highest BCUT2D eigenvalue weighted by Crippen LogP contribution is 2.16. The minimum Gasteiger partial charge on any atom is -0.480 e. The summed E-state index contributed by atoms with van der Waals surface area (Å²) in [5.41, 5.74) is 3.60. The van der Waals surface area contributed by atoms with Crippen molar-refractivity contribution in [3.8, 4) is 0 Å². The standard InChI is InChI=1S/C25H23N5O5S/c1-14-10-15(22(31)26-11-16-4-2-5-18-21(16)29-13-28-18)7-8-17(14)23(32)30-19(25(34)35)12-27-24(33)20-6-3-9-36-20/h2-10,13,19H,11-12H2,1H3,(H,26,31)(H,27,33)(H,28,29)(H,30,32)(H,34,35). The number of aliphatic carboxylic acids is 1. The Hall–Kier alpha value is -4.51. The van der Waals surface area contributed by atoms with Crippen LogP contribution in [0.2, 0.25) is 0 Å². The summed E-state index contributed by atoms with van der Waals surface area (Å²) in [7, 11) is 0. The number of hydrogen-bond donors (Lipinski definition) is 5. The predicted molar refractivity (Wildman–Crippen MR) is 134 cm³/mol. The molecule has 2 aromatic carbocycles. The molecule has 4 rings (SSSR count). The molecule has 3 amide bonds. The fourth-order valence-electron chi connectivity index (χ4n) is 3.63. The van der Waals surface area contributed by atoms with Crippen molar-refractivity contribution in [1.29, 1.82) is 0 Å². The van der Waals surface area contributed by atoms with Crippen molar-refractivity contribution in [3.05, 3.63) is 87.4 Å². The van der Waals surface area contributed by atoms with Crippen molar-refractivity contribution < 1.29 is 24.3 Å². The molecule has 10 nitrogen and oxygen atoms in total. The van der Waals surface area contributed by atoms with Crippen molar-refractivity contribution in [2.75, 3.05) is 6.54 Å². The topological polar surface area (TPSA) is 153 Å². The zero-order valence-corrected chi connectivity index (χ0v) is 20.0. The van der Waals surface area contributed by atoms with Crippen LogP contribution in [0.4, 0.5) is 0 Å². The van der Waals surface area contributed by atoms with Crippen LogP contribution in [-0.2, 0) is 11.3 Å². The molecule has 0 aliphatic rings. The number of carboxylic acids is 1. The van der Waals surface area contributed by atoms with E-state index in [2.05, 4.69) is 25.9 Å². The number of carbonyl (C=O) groups is 4. The third kappa shape index (κ3) is 5.58. The molecule has 2 heterocycles. The summed E-state index contributed by atoms with van der Waals surface area (Å²) in [6, 6.07) is 12.2. The number of imidazole rings is 1. The smallest absolute Gasteiger partial charge is 0.328 e. The fraction of sp³-hybridized carbons (Fsp3) is 0.160. The Labute approximate surface area is 209 Å². The number of aromatic amines is 1. The van der Waals surface area contributed by atoms with E-state index in [-0.39, 0.29) is 24.6 Å². The molecule has 11 heteroatoms. The summed E-state index contributed by atoms with van der Waals surface area (Å²) >= 11 is 1.23. The number of thiophene rings is 1. The van der Waals surface area contributed by atoms with Crippen LogP contribution in [0.3, 0.4) is 0 Å². The summed E-state index contributed by atoms with van der Waals surface area (Å²) in [5.74, 6) is -2.64. The SMILES string of the molecule is Cc1cc(C(=O)NCc2cccc3[nH]cnc23)ccc1C(=O)NC(CNC(=O)c1cccs1)C(=O)O. The monoisotopic (exact) mass is 505 g/mol. The molecule has 0 aliphatic carbocycles. The Bertz CT molecular complexity index is 1430. The van der Waals surface area contributed by atoms with Crippen LogP contribution in [0.1, 0.15) is 41.5 Å². The first-order valence-corrected chi connectivity index (χ1v) is 11.9. The van der Waals surface area contributed by atoms with Crippen molar-refractivity contribution in [2.24, 2.45) is 0 Å². The zero-order valence-electron chi connectivity index (χ0n) is 19.2. The molecule has 0 aliphatic heterocycles. The van der Waals surface area contributed by atoms with Gasteiger partial charge in [0.1, 0.15) is 6.04 Å². The van der Waals surface area contributed by atoms with E-state index in [0.717, 1.165) is 16.6 Å². The maximum atomic E-state index is 12.7. The number of benzene rings is 2. The van der Waals surface area contributed by atoms with Gasteiger partial charge in [0.05, 0.1) is 22.2 Å². The van der Waals surface area contributed by atoms with Crippen LogP contribution in [0.15, 0.2) is 60.2 Å². The molecular formula is C25H23N5O5S. The molecule has 5 N–H and O–H groups in total. The largest absolute Gasteiger partial charge is 0.480 e. The van der Waals surface area contributed by atoms with E-state index in [9.17, 15) is 24.3 Å². The summed E-state index contributed by atoms with van der Waals surface area (Å²) < 4.78 is 0. The molecule has 0 saturated heterocycles. The second-order valence-corrected chi connectivity index (χ2v) is 8.93. The number of aryl methyl sites for hydroxylation is 1. The van der Waals surface area contributed by atoms with Gasteiger partial charge in [-0.3, -0.25) is 14.4 Å². The number of nitrogens with zero attached hydrogens (tertiary/aromatic N) is 1. The number of carbonyl (C=O) groups excluding carboxylic acids is 3. The van der Waals surface area contributed by atoms with E-state index in [1.807, 2.05) is 18.2 Å². The lowest BCUT2D eigenvalue weighted by atomic mass is 10.0. The maximum Gasteiger partial charge on any atom is 0.328 e. The second-order valence-electron chi connectivity index (χ2n) is 7.98. The van der Waals surface area contributed by atoms with E-state index in [1.165, 1.54) is 23.5 Å². The first-order chi connectivity index (χ1) is 17.3. The number of amides is 3. The lowest BCUT2D eigenvalue weighted by Gasteiger charge is -2.16. The number of para-hydroxylation sites is 1. The van der Waals surface area contributed by atoms with Crippen LogP contribution >= 0.6 is 11.3 Å². The average molecular weight is 506 g/mol. The van der Waals surface area contributed by atoms with Gasteiger partial charge in [-0.15, -0.1) is 11.3 Å². The molecule has 0 saturated carbocycles. The van der Waals surface area contributed by atoms with Crippen LogP contribution in [0.5, 0.6) is 0 Å². The predicted octanol–water partition coefficient (Wildman–Crippen LogP) is 2.48. The first-order valence-electron chi connectivity index (χ1n) is 11.0. The minimum absolute atomic E-state index is 0.226. The van der Waals surface area contributed by atoms with E-state index in [4.69, 9.17) is 0 Å². The lowest BCUT2D eigenvalue weighted by molar-refractivity contribution is -0.139. The van der Waals surface area contributed by atoms with Crippen molar-refractivity contribution >= 4 is 46.1 Å². The van der Waals surface area contributed by atoms with Crippen molar-refractivity contribution in [3.63, 3.8) is 0 Å². The number of fused-ring (bicyclic) bond motifs is 1. The number of hydrogen-bond acceptors (Lipinski definition) is 6. The molecule has 1 atom stereocenters. The Kier molecular flexibility index (Phi) is 7.40. The van der Waals surface area contributed by atoms with Gasteiger partial charge in [-0.25, -0.2) is 9.78 Å². The van der Waals surface area contributed by atoms with Gasteiger partial charge < -0.3 is 26.0 Å². The number of aromatic nitrogens is 2. The van der Waals surface area contributed by atoms with Gasteiger partial charge in [-0.1, -0.05) is 18.2 Å². The Morgan fingerprint density at radius 2 is 1.86 bits per heavy atom. The van der Waals surface area contributed by atoms with Gasteiger partial charge in [0.2, 0.25) is 0 Å². The summed E-state index contributed by atoms with van der Waals surface area (Å²) in [4.78, 5) is 56.9. The van der Waals surface area contributed by atoms with Gasteiger partial charge in [0, 0.05) is 24.2 Å². The van der Waals surface area contributed by atoms with Gasteiger partial charge >= 0.3 is 5.97 Å². The Morgan fingerprint density at radius 1 is 1.03 bits per heavy atom.